The van der Waals surface area contributed by atoms with Gasteiger partial charge >= 0.3 is 0 Å². The Kier molecular flexibility index (Phi) is 10.6. The molecule has 148 valence electrons. The second-order valence-electron chi connectivity index (χ2n) is 5.39. The molecule has 1 heterocycles. The van der Waals surface area contributed by atoms with Gasteiger partial charge in [0.15, 0.2) is 5.96 Å². The van der Waals surface area contributed by atoms with E-state index in [2.05, 4.69) is 25.3 Å². The number of guanidine groups is 1. The summed E-state index contributed by atoms with van der Waals surface area (Å²) in [5.74, 6) is 0.604. The predicted octanol–water partition coefficient (Wildman–Crippen LogP) is 2.04. The van der Waals surface area contributed by atoms with Crippen LogP contribution >= 0.6 is 35.6 Å². The van der Waals surface area contributed by atoms with E-state index in [0.29, 0.717) is 24.1 Å². The van der Waals surface area contributed by atoms with Crippen LogP contribution < -0.4 is 15.4 Å². The van der Waals surface area contributed by atoms with Gasteiger partial charge in [-0.25, -0.2) is 13.1 Å². The molecule has 1 aromatic heterocycles. The highest BCUT2D eigenvalue weighted by molar-refractivity contribution is 14.0. The summed E-state index contributed by atoms with van der Waals surface area (Å²) in [4.78, 5) is 8.07. The topological polar surface area (TPSA) is 95.5 Å². The lowest BCUT2D eigenvalue weighted by molar-refractivity contribution is 0.580. The zero-order valence-electron chi connectivity index (χ0n) is 14.9. The summed E-state index contributed by atoms with van der Waals surface area (Å²) < 4.78 is 26.6. The summed E-state index contributed by atoms with van der Waals surface area (Å²) in [6.45, 7) is 1.31. The van der Waals surface area contributed by atoms with Gasteiger partial charge in [0.05, 0.1) is 0 Å². The minimum absolute atomic E-state index is 0. The molecule has 7 nitrogen and oxygen atoms in total. The van der Waals surface area contributed by atoms with Crippen LogP contribution in [-0.2, 0) is 16.4 Å². The van der Waals surface area contributed by atoms with E-state index < -0.39 is 10.0 Å². The minimum Gasteiger partial charge on any atom is -0.356 e. The molecule has 0 aliphatic rings. The first-order chi connectivity index (χ1) is 12.5. The second-order valence-corrected chi connectivity index (χ2v) is 7.60. The smallest absolute Gasteiger partial charge is 0.242 e. The molecule has 2 rings (SSSR count). The fraction of sp³-hybridized carbons (Fsp3) is 0.294. The van der Waals surface area contributed by atoms with E-state index in [9.17, 15) is 8.42 Å². The second kappa shape index (κ2) is 12.1. The van der Waals surface area contributed by atoms with E-state index in [1.807, 2.05) is 24.3 Å². The number of hydrogen-bond donors (Lipinski definition) is 3. The maximum Gasteiger partial charge on any atom is 0.242 e. The Hall–Kier alpha value is -1.43. The molecule has 0 spiro atoms. The van der Waals surface area contributed by atoms with E-state index >= 15 is 0 Å². The van der Waals surface area contributed by atoms with Crippen LogP contribution in [0.2, 0.25) is 5.02 Å². The summed E-state index contributed by atoms with van der Waals surface area (Å²) in [5.41, 5.74) is 1.13. The number of aliphatic imine (C=N–C) groups is 1. The van der Waals surface area contributed by atoms with Gasteiger partial charge < -0.3 is 10.6 Å². The molecule has 10 heteroatoms. The van der Waals surface area contributed by atoms with Gasteiger partial charge in [-0.3, -0.25) is 9.98 Å². The summed E-state index contributed by atoms with van der Waals surface area (Å²) in [6.07, 6.45) is 3.64. The molecule has 0 aliphatic heterocycles. The largest absolute Gasteiger partial charge is 0.356 e. The number of benzene rings is 1. The lowest BCUT2D eigenvalue weighted by Gasteiger charge is -2.12. The molecule has 0 saturated heterocycles. The predicted molar refractivity (Wildman–Crippen MR) is 119 cm³/mol. The highest BCUT2D eigenvalue weighted by Gasteiger charge is 2.12. The van der Waals surface area contributed by atoms with Gasteiger partial charge in [0, 0.05) is 44.1 Å². The van der Waals surface area contributed by atoms with E-state index in [0.717, 1.165) is 12.0 Å². The Morgan fingerprint density at radius 2 is 1.93 bits per heavy atom. The van der Waals surface area contributed by atoms with E-state index in [4.69, 9.17) is 11.6 Å². The van der Waals surface area contributed by atoms with Crippen LogP contribution in [-0.4, -0.2) is 46.0 Å². The quantitative estimate of drug-likeness (QED) is 0.213. The van der Waals surface area contributed by atoms with Crippen molar-refractivity contribution in [2.24, 2.45) is 4.99 Å². The Morgan fingerprint density at radius 3 is 2.59 bits per heavy atom. The highest BCUT2D eigenvalue weighted by atomic mass is 127. The third-order valence-electron chi connectivity index (χ3n) is 3.47. The first-order valence-corrected chi connectivity index (χ1v) is 9.96. The average Bonchev–Trinajstić information content (AvgIpc) is 2.64. The number of hydrogen-bond acceptors (Lipinski definition) is 4. The molecule has 0 radical (unpaired) electrons. The van der Waals surface area contributed by atoms with Gasteiger partial charge in [-0.05, 0) is 36.2 Å². The lowest BCUT2D eigenvalue weighted by Crippen LogP contribution is -2.42. The summed E-state index contributed by atoms with van der Waals surface area (Å²) in [6, 6.07) is 10.8. The summed E-state index contributed by atoms with van der Waals surface area (Å²) in [7, 11) is -1.89. The van der Waals surface area contributed by atoms with Crippen LogP contribution in [0.1, 0.15) is 5.56 Å². The minimum atomic E-state index is -3.55. The molecule has 1 aromatic carbocycles. The van der Waals surface area contributed by atoms with Crippen molar-refractivity contribution in [3.63, 3.8) is 0 Å². The Morgan fingerprint density at radius 1 is 1.15 bits per heavy atom. The van der Waals surface area contributed by atoms with Gasteiger partial charge in [-0.1, -0.05) is 23.7 Å². The van der Waals surface area contributed by atoms with Crippen molar-refractivity contribution in [3.8, 4) is 0 Å². The molecule has 0 aliphatic carbocycles. The molecule has 0 fully saturated rings. The number of aromatic nitrogens is 1. The molecule has 0 bridgehead atoms. The zero-order valence-corrected chi connectivity index (χ0v) is 18.8. The van der Waals surface area contributed by atoms with Gasteiger partial charge in [-0.2, -0.15) is 0 Å². The van der Waals surface area contributed by atoms with Crippen molar-refractivity contribution in [3.05, 3.63) is 59.4 Å². The van der Waals surface area contributed by atoms with Crippen LogP contribution in [0.25, 0.3) is 0 Å². The Labute approximate surface area is 182 Å². The van der Waals surface area contributed by atoms with Gasteiger partial charge in [0.25, 0.3) is 0 Å². The Bertz CT molecular complexity index is 834. The fourth-order valence-electron chi connectivity index (χ4n) is 2.19. The Balaban J connectivity index is 0.00000364. The third-order valence-corrected chi connectivity index (χ3v) is 5.15. The van der Waals surface area contributed by atoms with Crippen molar-refractivity contribution in [2.45, 2.75) is 11.3 Å². The molecule has 0 atom stereocenters. The molecule has 0 amide bonds. The summed E-state index contributed by atoms with van der Waals surface area (Å²) >= 11 is 5.96. The van der Waals surface area contributed by atoms with Crippen LogP contribution in [0.15, 0.2) is 58.7 Å². The summed E-state index contributed by atoms with van der Waals surface area (Å²) in [5, 5.41) is 6.95. The molecule has 2 aromatic rings. The van der Waals surface area contributed by atoms with Gasteiger partial charge in [-0.15, -0.1) is 24.0 Å². The molecule has 27 heavy (non-hydrogen) atoms. The average molecular weight is 524 g/mol. The molecule has 3 N–H and O–H groups in total. The maximum atomic E-state index is 12.1. The maximum absolute atomic E-state index is 12.1. The van der Waals surface area contributed by atoms with Crippen LogP contribution in [0, 0.1) is 0 Å². The van der Waals surface area contributed by atoms with Crippen LogP contribution in [0.5, 0.6) is 0 Å². The van der Waals surface area contributed by atoms with Crippen LogP contribution in [0.4, 0.5) is 0 Å². The molecular weight excluding hydrogens is 501 g/mol. The SMILES string of the molecule is CN=C(NCCNS(=O)(=O)c1cccnc1)NCCc1cccc(Cl)c1.I. The third kappa shape index (κ3) is 8.41. The first-order valence-electron chi connectivity index (χ1n) is 8.10. The van der Waals surface area contributed by atoms with Gasteiger partial charge in [0.2, 0.25) is 10.0 Å². The van der Waals surface area contributed by atoms with Gasteiger partial charge in [0.1, 0.15) is 4.90 Å². The van der Waals surface area contributed by atoms with E-state index in [1.165, 1.54) is 18.5 Å². The van der Waals surface area contributed by atoms with Crippen molar-refractivity contribution in [1.29, 1.82) is 0 Å². The number of halogens is 2. The van der Waals surface area contributed by atoms with E-state index in [1.54, 1.807) is 13.1 Å². The monoisotopic (exact) mass is 523 g/mol. The van der Waals surface area contributed by atoms with Crippen LogP contribution in [0.3, 0.4) is 0 Å². The van der Waals surface area contributed by atoms with Crippen molar-refractivity contribution >= 4 is 51.6 Å². The highest BCUT2D eigenvalue weighted by Crippen LogP contribution is 2.10. The number of rotatable bonds is 8. The van der Waals surface area contributed by atoms with Crippen molar-refractivity contribution in [1.82, 2.24) is 20.3 Å². The van der Waals surface area contributed by atoms with E-state index in [-0.39, 0.29) is 35.4 Å². The standard InChI is InChI=1S/C17H22ClN5O2S.HI/c1-19-17(21-9-7-14-4-2-5-15(18)12-14)22-10-11-23-26(24,25)16-6-3-8-20-13-16;/h2-6,8,12-13,23H,7,9-11H2,1H3,(H2,19,21,22);1H. The van der Waals surface area contributed by atoms with Crippen molar-refractivity contribution in [2.75, 3.05) is 26.7 Å². The zero-order chi connectivity index (χ0) is 18.8. The number of nitrogens with zero attached hydrogens (tertiary/aromatic N) is 2. The number of nitrogens with one attached hydrogen (secondary N) is 3. The normalized spacial score (nSPS) is 11.6. The molecule has 0 saturated carbocycles. The fourth-order valence-corrected chi connectivity index (χ4v) is 3.40. The number of pyridine rings is 1. The lowest BCUT2D eigenvalue weighted by atomic mass is 10.1. The van der Waals surface area contributed by atoms with Crippen molar-refractivity contribution < 1.29 is 8.42 Å². The first kappa shape index (κ1) is 23.6. The molecular formula is C17H23ClIN5O2S. The molecule has 0 unspecified atom stereocenters. The number of sulfonamides is 1.